The van der Waals surface area contributed by atoms with Gasteiger partial charge in [0, 0.05) is 24.9 Å². The van der Waals surface area contributed by atoms with Crippen LogP contribution in [-0.2, 0) is 0 Å². The van der Waals surface area contributed by atoms with Gasteiger partial charge in [-0.15, -0.1) is 0 Å². The Morgan fingerprint density at radius 2 is 1.62 bits per heavy atom. The van der Waals surface area contributed by atoms with Crippen LogP contribution in [-0.4, -0.2) is 55.7 Å². The molecule has 2 unspecified atom stereocenters. The molecule has 13 heavy (non-hydrogen) atoms. The largest absolute Gasteiger partial charge is 0.324 e. The van der Waals surface area contributed by atoms with Gasteiger partial charge in [-0.3, -0.25) is 0 Å². The highest BCUT2D eigenvalue weighted by atomic mass is 15.4. The predicted molar refractivity (Wildman–Crippen MR) is 55.5 cm³/mol. The van der Waals surface area contributed by atoms with Crippen LogP contribution in [0.5, 0.6) is 0 Å². The fourth-order valence-corrected chi connectivity index (χ4v) is 3.15. The number of hydrogen-bond donors (Lipinski definition) is 0. The zero-order chi connectivity index (χ0) is 9.64. The van der Waals surface area contributed by atoms with E-state index in [2.05, 4.69) is 32.8 Å². The summed E-state index contributed by atoms with van der Waals surface area (Å²) < 4.78 is 1.31. The fourth-order valence-electron chi connectivity index (χ4n) is 3.15. The molecular weight excluding hydrogens is 160 g/mol. The minimum Gasteiger partial charge on any atom is -0.324 e. The SMILES string of the molecule is CC(C)[N+]1(C)CC2CN(C)CC2C1. The van der Waals surface area contributed by atoms with Gasteiger partial charge in [0.05, 0.1) is 26.2 Å². The molecular formula is C11H23N2+. The third-order valence-electron chi connectivity index (χ3n) is 4.31. The summed E-state index contributed by atoms with van der Waals surface area (Å²) >= 11 is 0. The third kappa shape index (κ3) is 1.50. The number of nitrogens with zero attached hydrogens (tertiary/aromatic N) is 2. The van der Waals surface area contributed by atoms with Crippen molar-refractivity contribution in [1.82, 2.24) is 4.90 Å². The van der Waals surface area contributed by atoms with E-state index in [1.807, 2.05) is 0 Å². The standard InChI is InChI=1S/C11H23N2/c1-9(2)13(4)7-10-5-12(3)6-11(10)8-13/h9-11H,5-8H2,1-4H3/q+1. The zero-order valence-electron chi connectivity index (χ0n) is 9.45. The van der Waals surface area contributed by atoms with E-state index in [0.29, 0.717) is 0 Å². The topological polar surface area (TPSA) is 3.24 Å². The van der Waals surface area contributed by atoms with E-state index in [0.717, 1.165) is 17.9 Å². The van der Waals surface area contributed by atoms with Gasteiger partial charge in [-0.25, -0.2) is 0 Å². The van der Waals surface area contributed by atoms with Gasteiger partial charge >= 0.3 is 0 Å². The van der Waals surface area contributed by atoms with Gasteiger partial charge in [0.15, 0.2) is 0 Å². The highest BCUT2D eigenvalue weighted by Gasteiger charge is 2.47. The number of hydrogen-bond acceptors (Lipinski definition) is 1. The van der Waals surface area contributed by atoms with Crippen LogP contribution in [0.15, 0.2) is 0 Å². The molecule has 0 aromatic carbocycles. The van der Waals surface area contributed by atoms with Crippen LogP contribution in [0.2, 0.25) is 0 Å². The van der Waals surface area contributed by atoms with Crippen molar-refractivity contribution in [3.8, 4) is 0 Å². The fraction of sp³-hybridized carbons (Fsp3) is 1.00. The van der Waals surface area contributed by atoms with Crippen LogP contribution >= 0.6 is 0 Å². The number of quaternary nitrogens is 1. The first kappa shape index (κ1) is 9.47. The van der Waals surface area contributed by atoms with Crippen LogP contribution in [0.25, 0.3) is 0 Å². The maximum absolute atomic E-state index is 2.50. The Morgan fingerprint density at radius 3 is 2.00 bits per heavy atom. The van der Waals surface area contributed by atoms with Crippen molar-refractivity contribution in [3.63, 3.8) is 0 Å². The molecule has 0 aromatic rings. The minimum absolute atomic E-state index is 0.802. The highest BCUT2D eigenvalue weighted by molar-refractivity contribution is 4.86. The molecule has 2 aliphatic heterocycles. The summed E-state index contributed by atoms with van der Waals surface area (Å²) in [5.74, 6) is 1.97. The maximum Gasteiger partial charge on any atom is 0.0833 e. The van der Waals surface area contributed by atoms with E-state index >= 15 is 0 Å². The second-order valence-electron chi connectivity index (χ2n) is 5.68. The maximum atomic E-state index is 2.50. The summed E-state index contributed by atoms with van der Waals surface area (Å²) in [4.78, 5) is 2.50. The summed E-state index contributed by atoms with van der Waals surface area (Å²) in [6.45, 7) is 10.2. The van der Waals surface area contributed by atoms with Crippen LogP contribution in [0.4, 0.5) is 0 Å². The molecule has 2 rings (SSSR count). The molecule has 2 saturated heterocycles. The number of likely N-dealkylation sites (tertiary alicyclic amines) is 2. The molecule has 2 heteroatoms. The van der Waals surface area contributed by atoms with Gasteiger partial charge in [-0.05, 0) is 20.9 Å². The lowest BCUT2D eigenvalue weighted by Crippen LogP contribution is -2.49. The summed E-state index contributed by atoms with van der Waals surface area (Å²) in [5.41, 5.74) is 0. The Hall–Kier alpha value is -0.0800. The molecule has 2 fully saturated rings. The van der Waals surface area contributed by atoms with Crippen molar-refractivity contribution in [3.05, 3.63) is 0 Å². The Labute approximate surface area is 82.1 Å². The molecule has 0 spiro atoms. The Morgan fingerprint density at radius 1 is 1.15 bits per heavy atom. The van der Waals surface area contributed by atoms with Gasteiger partial charge < -0.3 is 9.38 Å². The quantitative estimate of drug-likeness (QED) is 0.549. The second kappa shape index (κ2) is 2.96. The first-order chi connectivity index (χ1) is 6.01. The van der Waals surface area contributed by atoms with Crippen LogP contribution in [0.1, 0.15) is 13.8 Å². The molecule has 0 aliphatic carbocycles. The van der Waals surface area contributed by atoms with E-state index < -0.39 is 0 Å². The molecule has 2 heterocycles. The van der Waals surface area contributed by atoms with Gasteiger partial charge in [-0.1, -0.05) is 0 Å². The molecule has 0 radical (unpaired) electrons. The van der Waals surface area contributed by atoms with Gasteiger partial charge in [0.1, 0.15) is 0 Å². The van der Waals surface area contributed by atoms with Gasteiger partial charge in [0.25, 0.3) is 0 Å². The summed E-state index contributed by atoms with van der Waals surface area (Å²) in [6.07, 6.45) is 0. The van der Waals surface area contributed by atoms with Crippen molar-refractivity contribution >= 4 is 0 Å². The highest BCUT2D eigenvalue weighted by Crippen LogP contribution is 2.35. The molecule has 2 aliphatic rings. The smallest absolute Gasteiger partial charge is 0.0833 e. The Kier molecular flexibility index (Phi) is 2.16. The zero-order valence-corrected chi connectivity index (χ0v) is 9.45. The van der Waals surface area contributed by atoms with E-state index in [-0.39, 0.29) is 0 Å². The van der Waals surface area contributed by atoms with E-state index in [4.69, 9.17) is 0 Å². The van der Waals surface area contributed by atoms with Crippen molar-refractivity contribution in [2.75, 3.05) is 40.3 Å². The lowest BCUT2D eigenvalue weighted by molar-refractivity contribution is -0.921. The summed E-state index contributed by atoms with van der Waals surface area (Å²) in [7, 11) is 4.70. The summed E-state index contributed by atoms with van der Waals surface area (Å²) in [6, 6.07) is 0.802. The van der Waals surface area contributed by atoms with Crippen molar-refractivity contribution in [1.29, 1.82) is 0 Å². The van der Waals surface area contributed by atoms with Crippen molar-refractivity contribution in [2.24, 2.45) is 11.8 Å². The van der Waals surface area contributed by atoms with Gasteiger partial charge in [0.2, 0.25) is 0 Å². The Bertz CT molecular complexity index is 186. The van der Waals surface area contributed by atoms with Crippen LogP contribution in [0.3, 0.4) is 0 Å². The van der Waals surface area contributed by atoms with Gasteiger partial charge in [-0.2, -0.15) is 0 Å². The molecule has 2 atom stereocenters. The van der Waals surface area contributed by atoms with E-state index in [1.54, 1.807) is 0 Å². The monoisotopic (exact) mass is 183 g/mol. The molecule has 0 bridgehead atoms. The molecule has 0 amide bonds. The minimum atomic E-state index is 0.802. The predicted octanol–water partition coefficient (Wildman–Crippen LogP) is 1.03. The average molecular weight is 183 g/mol. The van der Waals surface area contributed by atoms with Crippen molar-refractivity contribution in [2.45, 2.75) is 19.9 Å². The molecule has 0 aromatic heterocycles. The normalized spacial score (nSPS) is 45.9. The number of rotatable bonds is 1. The first-order valence-electron chi connectivity index (χ1n) is 5.54. The Balaban J connectivity index is 2.04. The molecule has 2 nitrogen and oxygen atoms in total. The second-order valence-corrected chi connectivity index (χ2v) is 5.68. The van der Waals surface area contributed by atoms with Crippen molar-refractivity contribution < 1.29 is 4.48 Å². The lowest BCUT2D eigenvalue weighted by Gasteiger charge is -2.35. The van der Waals surface area contributed by atoms with Crippen LogP contribution in [0, 0.1) is 11.8 Å². The van der Waals surface area contributed by atoms with Crippen LogP contribution < -0.4 is 0 Å². The number of fused-ring (bicyclic) bond motifs is 1. The average Bonchev–Trinajstić information content (AvgIpc) is 2.42. The first-order valence-corrected chi connectivity index (χ1v) is 5.54. The molecule has 0 saturated carbocycles. The third-order valence-corrected chi connectivity index (χ3v) is 4.31. The summed E-state index contributed by atoms with van der Waals surface area (Å²) in [5, 5.41) is 0. The van der Waals surface area contributed by atoms with E-state index in [9.17, 15) is 0 Å². The molecule has 0 N–H and O–H groups in total. The van der Waals surface area contributed by atoms with E-state index in [1.165, 1.54) is 30.7 Å². The lowest BCUT2D eigenvalue weighted by atomic mass is 10.0. The molecule has 76 valence electrons.